The summed E-state index contributed by atoms with van der Waals surface area (Å²) in [5, 5.41) is 6.91. The van der Waals surface area contributed by atoms with E-state index in [2.05, 4.69) is 33.6 Å². The Morgan fingerprint density at radius 1 is 1.35 bits per heavy atom. The predicted molar refractivity (Wildman–Crippen MR) is 94.8 cm³/mol. The monoisotopic (exact) mass is 318 g/mol. The third kappa shape index (κ3) is 6.08. The summed E-state index contributed by atoms with van der Waals surface area (Å²) in [6.45, 7) is 3.54. The first-order chi connectivity index (χ1) is 11.3. The molecule has 1 aromatic rings. The van der Waals surface area contributed by atoms with Gasteiger partial charge in [-0.3, -0.25) is 4.99 Å². The number of hydrogen-bond donors (Lipinski definition) is 2. The summed E-state index contributed by atoms with van der Waals surface area (Å²) in [6, 6.07) is 4.54. The maximum atomic E-state index is 5.78. The third-order valence-electron chi connectivity index (χ3n) is 4.20. The molecule has 2 N–H and O–H groups in total. The lowest BCUT2D eigenvalue weighted by Crippen LogP contribution is -2.43. The lowest BCUT2D eigenvalue weighted by molar-refractivity contribution is 0.294. The van der Waals surface area contributed by atoms with Gasteiger partial charge in [-0.1, -0.05) is 38.7 Å². The molecule has 0 unspecified atom stereocenters. The van der Waals surface area contributed by atoms with Crippen LogP contribution in [0.5, 0.6) is 5.88 Å². The summed E-state index contributed by atoms with van der Waals surface area (Å²) in [6.07, 6.45) is 10.4. The van der Waals surface area contributed by atoms with Crippen molar-refractivity contribution in [3.05, 3.63) is 23.9 Å². The van der Waals surface area contributed by atoms with Gasteiger partial charge in [0.05, 0.1) is 6.61 Å². The molecule has 5 nitrogen and oxygen atoms in total. The molecular weight excluding hydrogens is 288 g/mol. The van der Waals surface area contributed by atoms with E-state index in [1.807, 2.05) is 13.1 Å². The molecule has 0 aliphatic heterocycles. The highest BCUT2D eigenvalue weighted by Gasteiger charge is 2.14. The molecule has 1 aromatic heterocycles. The van der Waals surface area contributed by atoms with Crippen LogP contribution < -0.4 is 15.4 Å². The fraction of sp³-hybridized carbons (Fsp3) is 0.667. The maximum Gasteiger partial charge on any atom is 0.218 e. The first kappa shape index (κ1) is 17.6. The molecule has 0 radical (unpaired) electrons. The van der Waals surface area contributed by atoms with E-state index >= 15 is 0 Å². The average molecular weight is 318 g/mol. The normalized spacial score (nSPS) is 16.2. The number of aromatic nitrogens is 1. The average Bonchev–Trinajstić information content (AvgIpc) is 2.60. The lowest BCUT2D eigenvalue weighted by atomic mass is 9.96. The van der Waals surface area contributed by atoms with E-state index in [0.717, 1.165) is 36.9 Å². The number of unbranched alkanes of at least 4 members (excludes halogenated alkanes) is 1. The topological polar surface area (TPSA) is 58.5 Å². The Balaban J connectivity index is 1.85. The molecule has 2 rings (SSSR count). The molecule has 1 aliphatic carbocycles. The summed E-state index contributed by atoms with van der Waals surface area (Å²) < 4.78 is 5.78. The van der Waals surface area contributed by atoms with Crippen molar-refractivity contribution in [3.8, 4) is 5.88 Å². The quantitative estimate of drug-likeness (QED) is 0.460. The second-order valence-corrected chi connectivity index (χ2v) is 6.07. The highest BCUT2D eigenvalue weighted by molar-refractivity contribution is 5.80. The largest absolute Gasteiger partial charge is 0.477 e. The van der Waals surface area contributed by atoms with Crippen LogP contribution in [0.2, 0.25) is 0 Å². The number of nitrogens with one attached hydrogen (secondary N) is 2. The Bertz CT molecular complexity index is 484. The van der Waals surface area contributed by atoms with E-state index in [1.54, 1.807) is 6.20 Å². The van der Waals surface area contributed by atoms with Crippen LogP contribution in [0, 0.1) is 0 Å². The number of nitrogens with zero attached hydrogens (tertiary/aromatic N) is 2. The van der Waals surface area contributed by atoms with Crippen molar-refractivity contribution in [1.82, 2.24) is 15.6 Å². The van der Waals surface area contributed by atoms with Crippen molar-refractivity contribution < 1.29 is 4.74 Å². The molecule has 1 heterocycles. The Hall–Kier alpha value is -1.78. The number of rotatable bonds is 7. The second-order valence-electron chi connectivity index (χ2n) is 6.07. The molecule has 23 heavy (non-hydrogen) atoms. The van der Waals surface area contributed by atoms with Crippen LogP contribution in [-0.2, 0) is 6.54 Å². The van der Waals surface area contributed by atoms with E-state index in [-0.39, 0.29) is 0 Å². The van der Waals surface area contributed by atoms with Crippen molar-refractivity contribution in [2.45, 2.75) is 64.5 Å². The molecule has 1 aliphatic rings. The van der Waals surface area contributed by atoms with Crippen LogP contribution in [0.25, 0.3) is 0 Å². The van der Waals surface area contributed by atoms with Gasteiger partial charge in [-0.15, -0.1) is 0 Å². The van der Waals surface area contributed by atoms with Gasteiger partial charge in [0.2, 0.25) is 5.88 Å². The van der Waals surface area contributed by atoms with Gasteiger partial charge in [-0.05, 0) is 25.3 Å². The zero-order valence-corrected chi connectivity index (χ0v) is 14.5. The smallest absolute Gasteiger partial charge is 0.218 e. The lowest BCUT2D eigenvalue weighted by Gasteiger charge is -2.25. The molecule has 1 saturated carbocycles. The molecule has 128 valence electrons. The Morgan fingerprint density at radius 2 is 2.17 bits per heavy atom. The van der Waals surface area contributed by atoms with E-state index in [9.17, 15) is 0 Å². The summed E-state index contributed by atoms with van der Waals surface area (Å²) in [5.74, 6) is 1.59. The van der Waals surface area contributed by atoms with Crippen molar-refractivity contribution in [1.29, 1.82) is 0 Å². The van der Waals surface area contributed by atoms with Gasteiger partial charge in [0, 0.05) is 31.4 Å². The van der Waals surface area contributed by atoms with Gasteiger partial charge in [-0.25, -0.2) is 4.98 Å². The number of pyridine rings is 1. The van der Waals surface area contributed by atoms with Gasteiger partial charge in [-0.2, -0.15) is 0 Å². The first-order valence-corrected chi connectivity index (χ1v) is 8.87. The Morgan fingerprint density at radius 3 is 2.91 bits per heavy atom. The van der Waals surface area contributed by atoms with Crippen molar-refractivity contribution >= 4 is 5.96 Å². The first-order valence-electron chi connectivity index (χ1n) is 8.87. The van der Waals surface area contributed by atoms with Gasteiger partial charge in [0.25, 0.3) is 0 Å². The van der Waals surface area contributed by atoms with Crippen LogP contribution in [0.15, 0.2) is 23.3 Å². The molecule has 0 saturated heterocycles. The molecule has 0 bridgehead atoms. The predicted octanol–water partition coefficient (Wildman–Crippen LogP) is 3.26. The van der Waals surface area contributed by atoms with Crippen molar-refractivity contribution in [3.63, 3.8) is 0 Å². The highest BCUT2D eigenvalue weighted by Crippen LogP contribution is 2.17. The minimum absolute atomic E-state index is 0.545. The minimum atomic E-state index is 0.545. The summed E-state index contributed by atoms with van der Waals surface area (Å²) in [5.41, 5.74) is 1.06. The van der Waals surface area contributed by atoms with E-state index in [4.69, 9.17) is 4.74 Å². The van der Waals surface area contributed by atoms with Crippen molar-refractivity contribution in [2.24, 2.45) is 4.99 Å². The summed E-state index contributed by atoms with van der Waals surface area (Å²) in [7, 11) is 1.82. The van der Waals surface area contributed by atoms with Crippen LogP contribution >= 0.6 is 0 Å². The molecule has 0 spiro atoms. The van der Waals surface area contributed by atoms with Crippen LogP contribution in [0.1, 0.15) is 57.4 Å². The van der Waals surface area contributed by atoms with E-state index < -0.39 is 0 Å². The van der Waals surface area contributed by atoms with Gasteiger partial charge < -0.3 is 15.4 Å². The molecule has 5 heteroatoms. The number of ether oxygens (including phenoxy) is 1. The SMILES string of the molecule is CCCCOc1ncccc1CNC(=NC)NC1CCCCC1. The van der Waals surface area contributed by atoms with Crippen LogP contribution in [0.4, 0.5) is 0 Å². The fourth-order valence-corrected chi connectivity index (χ4v) is 2.82. The molecule has 1 fully saturated rings. The minimum Gasteiger partial charge on any atom is -0.477 e. The highest BCUT2D eigenvalue weighted by atomic mass is 16.5. The molecule has 0 aromatic carbocycles. The third-order valence-corrected chi connectivity index (χ3v) is 4.20. The zero-order valence-electron chi connectivity index (χ0n) is 14.5. The molecular formula is C18H30N4O. The van der Waals surface area contributed by atoms with Crippen molar-refractivity contribution in [2.75, 3.05) is 13.7 Å². The maximum absolute atomic E-state index is 5.78. The van der Waals surface area contributed by atoms with Crippen LogP contribution in [-0.4, -0.2) is 30.6 Å². The summed E-state index contributed by atoms with van der Waals surface area (Å²) >= 11 is 0. The van der Waals surface area contributed by atoms with E-state index in [1.165, 1.54) is 32.1 Å². The van der Waals surface area contributed by atoms with Crippen LogP contribution in [0.3, 0.4) is 0 Å². The zero-order chi connectivity index (χ0) is 16.3. The fourth-order valence-electron chi connectivity index (χ4n) is 2.82. The van der Waals surface area contributed by atoms with E-state index in [0.29, 0.717) is 12.6 Å². The summed E-state index contributed by atoms with van der Waals surface area (Å²) in [4.78, 5) is 8.68. The van der Waals surface area contributed by atoms with Gasteiger partial charge >= 0.3 is 0 Å². The number of hydrogen-bond acceptors (Lipinski definition) is 3. The Labute approximate surface area is 139 Å². The molecule has 0 atom stereocenters. The number of guanidine groups is 1. The van der Waals surface area contributed by atoms with Gasteiger partial charge in [0.1, 0.15) is 0 Å². The van der Waals surface area contributed by atoms with Gasteiger partial charge in [0.15, 0.2) is 5.96 Å². The molecule has 0 amide bonds. The Kier molecular flexibility index (Phi) is 7.70. The second kappa shape index (κ2) is 10.1. The standard InChI is InChI=1S/C18H30N4O/c1-3-4-13-23-17-15(9-8-12-20-17)14-21-18(19-2)22-16-10-6-5-7-11-16/h8-9,12,16H,3-7,10-11,13-14H2,1-2H3,(H2,19,21,22). The number of aliphatic imine (C=N–C) groups is 1.